The summed E-state index contributed by atoms with van der Waals surface area (Å²) in [6.07, 6.45) is 0.978. The lowest BCUT2D eigenvalue weighted by molar-refractivity contribution is -0.908. The highest BCUT2D eigenvalue weighted by Gasteiger charge is 2.15. The molecule has 6 nitrogen and oxygen atoms in total. The van der Waals surface area contributed by atoms with E-state index in [1.54, 1.807) is 23.1 Å². The molecule has 1 aromatic rings. The van der Waals surface area contributed by atoms with Crippen molar-refractivity contribution in [2.45, 2.75) is 6.42 Å². The maximum atomic E-state index is 12.1. The minimum Gasteiger partial charge on any atom is -0.486 e. The van der Waals surface area contributed by atoms with E-state index in [1.165, 1.54) is 0 Å². The van der Waals surface area contributed by atoms with Crippen molar-refractivity contribution in [1.29, 1.82) is 0 Å². The second kappa shape index (κ2) is 7.47. The van der Waals surface area contributed by atoms with Crippen molar-refractivity contribution in [2.75, 3.05) is 52.6 Å². The lowest BCUT2D eigenvalue weighted by Gasteiger charge is -2.23. The van der Waals surface area contributed by atoms with Gasteiger partial charge in [0.05, 0.1) is 19.8 Å². The van der Waals surface area contributed by atoms with Gasteiger partial charge < -0.3 is 24.4 Å². The van der Waals surface area contributed by atoms with Crippen LogP contribution < -0.4 is 19.7 Å². The zero-order valence-corrected chi connectivity index (χ0v) is 12.7. The lowest BCUT2D eigenvalue weighted by atomic mass is 10.2. The number of carbonyl (C=O) groups excluding carboxylic acids is 1. The van der Waals surface area contributed by atoms with Crippen molar-refractivity contribution in [3.63, 3.8) is 0 Å². The van der Waals surface area contributed by atoms with Crippen LogP contribution in [0.2, 0.25) is 0 Å². The third-order valence-corrected chi connectivity index (χ3v) is 4.00. The molecule has 0 unspecified atom stereocenters. The number of quaternary nitrogens is 1. The molecule has 22 heavy (non-hydrogen) atoms. The second-order valence-corrected chi connectivity index (χ2v) is 5.58. The van der Waals surface area contributed by atoms with Crippen molar-refractivity contribution < 1.29 is 23.9 Å². The highest BCUT2D eigenvalue weighted by atomic mass is 16.6. The molecule has 2 aliphatic rings. The van der Waals surface area contributed by atoms with E-state index in [9.17, 15) is 4.79 Å². The summed E-state index contributed by atoms with van der Waals surface area (Å²) in [5, 5.41) is 2.97. The first-order valence-corrected chi connectivity index (χ1v) is 7.92. The Kier molecular flexibility index (Phi) is 5.13. The van der Waals surface area contributed by atoms with Crippen LogP contribution in [-0.4, -0.2) is 58.5 Å². The van der Waals surface area contributed by atoms with E-state index in [-0.39, 0.29) is 5.91 Å². The number of ether oxygens (including phenoxy) is 3. The van der Waals surface area contributed by atoms with Crippen LogP contribution in [0, 0.1) is 0 Å². The summed E-state index contributed by atoms with van der Waals surface area (Å²) in [5.74, 6) is 1.30. The van der Waals surface area contributed by atoms with E-state index in [4.69, 9.17) is 14.2 Å². The normalized spacial score (nSPS) is 18.0. The molecule has 0 aromatic heterocycles. The van der Waals surface area contributed by atoms with Gasteiger partial charge in [-0.25, -0.2) is 0 Å². The quantitative estimate of drug-likeness (QED) is 0.720. The summed E-state index contributed by atoms with van der Waals surface area (Å²) < 4.78 is 16.3. The van der Waals surface area contributed by atoms with Crippen LogP contribution >= 0.6 is 0 Å². The summed E-state index contributed by atoms with van der Waals surface area (Å²) in [4.78, 5) is 13.7. The Hall–Kier alpha value is -1.79. The van der Waals surface area contributed by atoms with Crippen LogP contribution in [0.3, 0.4) is 0 Å². The van der Waals surface area contributed by atoms with Crippen LogP contribution in [0.25, 0.3) is 0 Å². The molecule has 0 aliphatic carbocycles. The number of hydrogen-bond donors (Lipinski definition) is 2. The summed E-state index contributed by atoms with van der Waals surface area (Å²) in [6.45, 7) is 6.68. The first-order chi connectivity index (χ1) is 10.8. The van der Waals surface area contributed by atoms with E-state index < -0.39 is 0 Å². The van der Waals surface area contributed by atoms with Gasteiger partial charge in [0.1, 0.15) is 26.3 Å². The highest BCUT2D eigenvalue weighted by molar-refractivity contribution is 5.94. The topological polar surface area (TPSA) is 61.2 Å². The number of morpholine rings is 1. The predicted octanol–water partition coefficient (Wildman–Crippen LogP) is -0.507. The van der Waals surface area contributed by atoms with Gasteiger partial charge in [0.15, 0.2) is 11.5 Å². The van der Waals surface area contributed by atoms with E-state index in [1.807, 2.05) is 0 Å². The van der Waals surface area contributed by atoms with E-state index in [0.717, 1.165) is 39.3 Å². The number of fused-ring (bicyclic) bond motifs is 1. The number of amides is 1. The monoisotopic (exact) mass is 307 g/mol. The fourth-order valence-electron chi connectivity index (χ4n) is 2.74. The fourth-order valence-corrected chi connectivity index (χ4v) is 2.74. The maximum Gasteiger partial charge on any atom is 0.251 e. The zero-order valence-electron chi connectivity index (χ0n) is 12.7. The predicted molar refractivity (Wildman–Crippen MR) is 80.8 cm³/mol. The standard InChI is InChI=1S/C16H22N2O4/c19-16(17-4-1-5-18-6-8-20-9-7-18)13-2-3-14-15(12-13)22-11-10-21-14/h2-3,12H,1,4-11H2,(H,17,19)/p+1. The Morgan fingerprint density at radius 3 is 2.68 bits per heavy atom. The minimum absolute atomic E-state index is 0.0612. The van der Waals surface area contributed by atoms with Crippen molar-refractivity contribution in [2.24, 2.45) is 0 Å². The Morgan fingerprint density at radius 1 is 1.09 bits per heavy atom. The highest BCUT2D eigenvalue weighted by Crippen LogP contribution is 2.30. The molecular weight excluding hydrogens is 284 g/mol. The molecular formula is C16H23N2O4+. The summed E-state index contributed by atoms with van der Waals surface area (Å²) in [7, 11) is 0. The SMILES string of the molecule is O=C(NCCC[NH+]1CCOCC1)c1ccc2c(c1)OCCO2. The molecule has 3 rings (SSSR count). The van der Waals surface area contributed by atoms with Crippen LogP contribution in [0.5, 0.6) is 11.5 Å². The number of carbonyl (C=O) groups is 1. The maximum absolute atomic E-state index is 12.1. The Bertz CT molecular complexity index is 515. The first kappa shape index (κ1) is 15.1. The molecule has 6 heteroatoms. The fraction of sp³-hybridized carbons (Fsp3) is 0.562. The smallest absolute Gasteiger partial charge is 0.251 e. The second-order valence-electron chi connectivity index (χ2n) is 5.58. The summed E-state index contributed by atoms with van der Waals surface area (Å²) in [6, 6.07) is 5.31. The third kappa shape index (κ3) is 3.90. The van der Waals surface area contributed by atoms with Crippen LogP contribution in [0.15, 0.2) is 18.2 Å². The largest absolute Gasteiger partial charge is 0.486 e. The summed E-state index contributed by atoms with van der Waals surface area (Å²) >= 11 is 0. The van der Waals surface area contributed by atoms with Gasteiger partial charge in [0.2, 0.25) is 0 Å². The minimum atomic E-state index is -0.0612. The first-order valence-electron chi connectivity index (χ1n) is 7.92. The Balaban J connectivity index is 1.43. The molecule has 2 heterocycles. The molecule has 120 valence electrons. The van der Waals surface area contributed by atoms with Crippen molar-refractivity contribution in [3.05, 3.63) is 23.8 Å². The Morgan fingerprint density at radius 2 is 1.86 bits per heavy atom. The van der Waals surface area contributed by atoms with Gasteiger partial charge in [-0.2, -0.15) is 0 Å². The van der Waals surface area contributed by atoms with Gasteiger partial charge in [0, 0.05) is 18.5 Å². The van der Waals surface area contributed by atoms with E-state index in [2.05, 4.69) is 5.32 Å². The van der Waals surface area contributed by atoms with Crippen LogP contribution in [-0.2, 0) is 4.74 Å². The molecule has 1 aromatic carbocycles. The molecule has 0 bridgehead atoms. The number of hydrogen-bond acceptors (Lipinski definition) is 4. The van der Waals surface area contributed by atoms with Gasteiger partial charge in [0.25, 0.3) is 5.91 Å². The van der Waals surface area contributed by atoms with Gasteiger partial charge in [-0.05, 0) is 18.2 Å². The van der Waals surface area contributed by atoms with Crippen LogP contribution in [0.1, 0.15) is 16.8 Å². The number of rotatable bonds is 5. The molecule has 2 aliphatic heterocycles. The number of benzene rings is 1. The van der Waals surface area contributed by atoms with Gasteiger partial charge in [-0.15, -0.1) is 0 Å². The summed E-state index contributed by atoms with van der Waals surface area (Å²) in [5.41, 5.74) is 0.614. The molecule has 1 amide bonds. The molecule has 0 radical (unpaired) electrons. The molecule has 0 spiro atoms. The van der Waals surface area contributed by atoms with Gasteiger partial charge in [-0.3, -0.25) is 4.79 Å². The molecule has 0 atom stereocenters. The van der Waals surface area contributed by atoms with Gasteiger partial charge in [-0.1, -0.05) is 0 Å². The van der Waals surface area contributed by atoms with Crippen molar-refractivity contribution in [1.82, 2.24) is 5.32 Å². The third-order valence-electron chi connectivity index (χ3n) is 4.00. The lowest BCUT2D eigenvalue weighted by Crippen LogP contribution is -3.14. The zero-order chi connectivity index (χ0) is 15.2. The average Bonchev–Trinajstić information content (AvgIpc) is 2.59. The average molecular weight is 307 g/mol. The van der Waals surface area contributed by atoms with Crippen molar-refractivity contribution >= 4 is 5.91 Å². The Labute approximate surface area is 130 Å². The van der Waals surface area contributed by atoms with E-state index >= 15 is 0 Å². The molecule has 2 N–H and O–H groups in total. The molecule has 0 saturated carbocycles. The molecule has 1 saturated heterocycles. The van der Waals surface area contributed by atoms with Gasteiger partial charge >= 0.3 is 0 Å². The van der Waals surface area contributed by atoms with Crippen LogP contribution in [0.4, 0.5) is 0 Å². The number of nitrogens with one attached hydrogen (secondary N) is 2. The van der Waals surface area contributed by atoms with E-state index in [0.29, 0.717) is 36.8 Å². The molecule has 1 fully saturated rings. The van der Waals surface area contributed by atoms with Crippen molar-refractivity contribution in [3.8, 4) is 11.5 Å².